The van der Waals surface area contributed by atoms with Crippen LogP contribution in [-0.2, 0) is 0 Å². The maximum atomic E-state index is 14.1. The van der Waals surface area contributed by atoms with Gasteiger partial charge >= 0.3 is 0 Å². The van der Waals surface area contributed by atoms with Crippen LogP contribution in [0.1, 0.15) is 25.3 Å². The molecule has 1 aliphatic carbocycles. The Morgan fingerprint density at radius 2 is 1.95 bits per heavy atom. The molecule has 1 atom stereocenters. The zero-order valence-electron chi connectivity index (χ0n) is 11.0. The number of rotatable bonds is 2. The Morgan fingerprint density at radius 3 is 2.70 bits per heavy atom. The van der Waals surface area contributed by atoms with E-state index in [0.717, 1.165) is 25.6 Å². The summed E-state index contributed by atoms with van der Waals surface area (Å²) in [5.41, 5.74) is 6.56. The predicted molar refractivity (Wildman–Crippen MR) is 72.3 cm³/mol. The second-order valence-corrected chi connectivity index (χ2v) is 5.74. The lowest BCUT2D eigenvalue weighted by molar-refractivity contribution is 0.315. The fourth-order valence-electron chi connectivity index (χ4n) is 3.26. The second-order valence-electron chi connectivity index (χ2n) is 5.74. The quantitative estimate of drug-likeness (QED) is 0.917. The van der Waals surface area contributed by atoms with Gasteiger partial charge in [0.25, 0.3) is 0 Å². The number of aromatic nitrogens is 2. The Morgan fingerprint density at radius 1 is 1.15 bits per heavy atom. The van der Waals surface area contributed by atoms with Gasteiger partial charge in [0, 0.05) is 19.1 Å². The van der Waals surface area contributed by atoms with Crippen molar-refractivity contribution in [2.45, 2.75) is 31.3 Å². The maximum absolute atomic E-state index is 14.1. The predicted octanol–water partition coefficient (Wildman–Crippen LogP) is 2.31. The molecule has 1 aliphatic heterocycles. The molecule has 1 saturated heterocycles. The van der Waals surface area contributed by atoms with Crippen molar-refractivity contribution >= 4 is 17.0 Å². The largest absolute Gasteiger partial charge is 0.369 e. The molecule has 0 radical (unpaired) electrons. The van der Waals surface area contributed by atoms with Crippen LogP contribution in [0.3, 0.4) is 0 Å². The van der Waals surface area contributed by atoms with E-state index in [1.165, 1.54) is 18.9 Å². The van der Waals surface area contributed by atoms with Gasteiger partial charge < -0.3 is 10.3 Å². The molecule has 2 heterocycles. The molecule has 2 N–H and O–H groups in total. The molecule has 0 spiro atoms. The van der Waals surface area contributed by atoms with E-state index in [1.54, 1.807) is 4.57 Å². The summed E-state index contributed by atoms with van der Waals surface area (Å²) >= 11 is 0. The van der Waals surface area contributed by atoms with Crippen LogP contribution < -0.4 is 5.73 Å². The van der Waals surface area contributed by atoms with E-state index in [0.29, 0.717) is 11.6 Å². The SMILES string of the molecule is Nc1nc2ccc(F)c(F)c2n1C1CCN(C2CC2)C1. The lowest BCUT2D eigenvalue weighted by Gasteiger charge is -2.17. The van der Waals surface area contributed by atoms with E-state index in [9.17, 15) is 8.78 Å². The number of nitrogens with two attached hydrogens (primary N) is 1. The second kappa shape index (κ2) is 4.15. The molecule has 2 aromatic rings. The summed E-state index contributed by atoms with van der Waals surface area (Å²) in [7, 11) is 0. The first-order valence-corrected chi connectivity index (χ1v) is 7.00. The minimum atomic E-state index is -0.851. The van der Waals surface area contributed by atoms with Gasteiger partial charge in [0.05, 0.1) is 11.6 Å². The Balaban J connectivity index is 1.79. The van der Waals surface area contributed by atoms with Gasteiger partial charge in [0.15, 0.2) is 11.6 Å². The molecule has 1 aromatic carbocycles. The van der Waals surface area contributed by atoms with Gasteiger partial charge in [-0.15, -0.1) is 0 Å². The fourth-order valence-corrected chi connectivity index (χ4v) is 3.26. The topological polar surface area (TPSA) is 47.1 Å². The monoisotopic (exact) mass is 278 g/mol. The van der Waals surface area contributed by atoms with Crippen molar-refractivity contribution in [3.63, 3.8) is 0 Å². The van der Waals surface area contributed by atoms with Crippen molar-refractivity contribution in [3.8, 4) is 0 Å². The van der Waals surface area contributed by atoms with Crippen LogP contribution in [0.15, 0.2) is 12.1 Å². The van der Waals surface area contributed by atoms with Crippen LogP contribution in [0.5, 0.6) is 0 Å². The minimum Gasteiger partial charge on any atom is -0.369 e. The Kier molecular flexibility index (Phi) is 2.51. The molecule has 4 rings (SSSR count). The first-order chi connectivity index (χ1) is 9.65. The van der Waals surface area contributed by atoms with Gasteiger partial charge in [-0.1, -0.05) is 0 Å². The van der Waals surface area contributed by atoms with Crippen molar-refractivity contribution in [2.24, 2.45) is 0 Å². The number of benzene rings is 1. The number of likely N-dealkylation sites (tertiary alicyclic amines) is 1. The molecule has 20 heavy (non-hydrogen) atoms. The van der Waals surface area contributed by atoms with Crippen LogP contribution in [0.25, 0.3) is 11.0 Å². The summed E-state index contributed by atoms with van der Waals surface area (Å²) < 4.78 is 29.2. The van der Waals surface area contributed by atoms with Gasteiger partial charge in [-0.05, 0) is 31.4 Å². The van der Waals surface area contributed by atoms with E-state index in [-0.39, 0.29) is 17.5 Å². The summed E-state index contributed by atoms with van der Waals surface area (Å²) in [6.45, 7) is 1.83. The molecule has 2 fully saturated rings. The summed E-state index contributed by atoms with van der Waals surface area (Å²) in [6.07, 6.45) is 3.40. The first kappa shape index (κ1) is 12.1. The normalized spacial score (nSPS) is 23.8. The van der Waals surface area contributed by atoms with Gasteiger partial charge in [-0.25, -0.2) is 13.8 Å². The smallest absolute Gasteiger partial charge is 0.201 e. The Labute approximate surface area is 115 Å². The van der Waals surface area contributed by atoms with Gasteiger partial charge in [0.1, 0.15) is 5.52 Å². The average molecular weight is 278 g/mol. The third kappa shape index (κ3) is 1.71. The zero-order valence-corrected chi connectivity index (χ0v) is 11.0. The van der Waals surface area contributed by atoms with Crippen LogP contribution in [0, 0.1) is 11.6 Å². The van der Waals surface area contributed by atoms with Crippen molar-refractivity contribution < 1.29 is 8.78 Å². The molecule has 6 heteroatoms. The summed E-state index contributed by atoms with van der Waals surface area (Å²) in [4.78, 5) is 6.57. The van der Waals surface area contributed by atoms with Crippen molar-refractivity contribution in [1.29, 1.82) is 0 Å². The standard InChI is InChI=1S/C14H16F2N4/c15-10-3-4-11-13(12(10)16)20(14(17)18-11)9-5-6-19(7-9)8-1-2-8/h3-4,8-9H,1-2,5-7H2,(H2,17,18). The van der Waals surface area contributed by atoms with Crippen LogP contribution in [0.4, 0.5) is 14.7 Å². The van der Waals surface area contributed by atoms with Crippen molar-refractivity contribution in [1.82, 2.24) is 14.5 Å². The number of anilines is 1. The van der Waals surface area contributed by atoms with Gasteiger partial charge in [0.2, 0.25) is 5.95 Å². The lowest BCUT2D eigenvalue weighted by Crippen LogP contribution is -2.24. The van der Waals surface area contributed by atoms with Crippen molar-refractivity contribution in [2.75, 3.05) is 18.8 Å². The summed E-state index contributed by atoms with van der Waals surface area (Å²) in [6, 6.07) is 3.34. The maximum Gasteiger partial charge on any atom is 0.201 e. The number of fused-ring (bicyclic) bond motifs is 1. The minimum absolute atomic E-state index is 0.0805. The number of hydrogen-bond acceptors (Lipinski definition) is 3. The van der Waals surface area contributed by atoms with Crippen molar-refractivity contribution in [3.05, 3.63) is 23.8 Å². The van der Waals surface area contributed by atoms with Crippen LogP contribution in [0.2, 0.25) is 0 Å². The third-order valence-electron chi connectivity index (χ3n) is 4.39. The highest BCUT2D eigenvalue weighted by atomic mass is 19.2. The lowest BCUT2D eigenvalue weighted by atomic mass is 10.2. The average Bonchev–Trinajstić information content (AvgIpc) is 3.06. The van der Waals surface area contributed by atoms with E-state index >= 15 is 0 Å². The number of nitrogens with zero attached hydrogens (tertiary/aromatic N) is 3. The first-order valence-electron chi connectivity index (χ1n) is 7.00. The number of halogens is 2. The van der Waals surface area contributed by atoms with Gasteiger partial charge in [-0.2, -0.15) is 0 Å². The fraction of sp³-hybridized carbons (Fsp3) is 0.500. The van der Waals surface area contributed by atoms with Crippen LogP contribution in [-0.4, -0.2) is 33.6 Å². The molecule has 4 nitrogen and oxygen atoms in total. The Bertz CT molecular complexity index is 677. The zero-order chi connectivity index (χ0) is 13.9. The highest BCUT2D eigenvalue weighted by molar-refractivity contribution is 5.79. The van der Waals surface area contributed by atoms with Crippen LogP contribution >= 0.6 is 0 Å². The summed E-state index contributed by atoms with van der Waals surface area (Å²) in [5.74, 6) is -1.43. The molecular formula is C14H16F2N4. The molecule has 0 bridgehead atoms. The van der Waals surface area contributed by atoms with E-state index in [2.05, 4.69) is 9.88 Å². The molecule has 1 saturated carbocycles. The third-order valence-corrected chi connectivity index (χ3v) is 4.39. The molecule has 106 valence electrons. The van der Waals surface area contributed by atoms with E-state index in [4.69, 9.17) is 5.73 Å². The molecule has 1 aromatic heterocycles. The number of hydrogen-bond donors (Lipinski definition) is 1. The highest BCUT2D eigenvalue weighted by Crippen LogP contribution is 2.36. The highest BCUT2D eigenvalue weighted by Gasteiger charge is 2.36. The number of imidazole rings is 1. The molecular weight excluding hydrogens is 262 g/mol. The molecule has 2 aliphatic rings. The summed E-state index contributed by atoms with van der Waals surface area (Å²) in [5, 5.41) is 0. The molecule has 1 unspecified atom stereocenters. The van der Waals surface area contributed by atoms with Gasteiger partial charge in [-0.3, -0.25) is 4.90 Å². The number of nitrogen functional groups attached to an aromatic ring is 1. The molecule has 0 amide bonds. The van der Waals surface area contributed by atoms with E-state index in [1.807, 2.05) is 0 Å². The van der Waals surface area contributed by atoms with E-state index < -0.39 is 11.6 Å². The Hall–Kier alpha value is -1.69.